The van der Waals surface area contributed by atoms with Gasteiger partial charge in [0, 0.05) is 51.7 Å². The van der Waals surface area contributed by atoms with Crippen LogP contribution in [0.3, 0.4) is 0 Å². The number of halogens is 2. The van der Waals surface area contributed by atoms with E-state index in [0.717, 1.165) is 51.4 Å². The molecule has 2 N–H and O–H groups in total. The van der Waals surface area contributed by atoms with Crippen LogP contribution in [0, 0.1) is 11.6 Å². The molecule has 0 saturated carbocycles. The van der Waals surface area contributed by atoms with Gasteiger partial charge in [-0.1, -0.05) is 6.07 Å². The van der Waals surface area contributed by atoms with E-state index < -0.39 is 11.6 Å². The standard InChI is InChI=1S/C23H31F2N5O2/c24-20-4-1-5-21(25)22(20)30-10-7-18(17-30)28-23(26-8-6-19-3-2-14-32-19)27-9-11-29-12-15-31-16-13-29/h1-5,14,18H,6-13,15-17H2,(H2,26,27,28). The number of aliphatic imine (C=N–C) groups is 1. The molecule has 0 spiro atoms. The monoisotopic (exact) mass is 447 g/mol. The Balaban J connectivity index is 1.33. The van der Waals surface area contributed by atoms with E-state index in [2.05, 4.69) is 15.5 Å². The first-order valence-corrected chi connectivity index (χ1v) is 11.3. The average molecular weight is 448 g/mol. The third-order valence-corrected chi connectivity index (χ3v) is 5.82. The number of anilines is 1. The van der Waals surface area contributed by atoms with E-state index in [4.69, 9.17) is 14.1 Å². The summed E-state index contributed by atoms with van der Waals surface area (Å²) >= 11 is 0. The molecular formula is C23H31F2N5O2. The van der Waals surface area contributed by atoms with Gasteiger partial charge in [0.25, 0.3) is 0 Å². The first-order valence-electron chi connectivity index (χ1n) is 11.3. The lowest BCUT2D eigenvalue weighted by Crippen LogP contribution is -2.46. The zero-order chi connectivity index (χ0) is 22.2. The SMILES string of the molecule is Fc1cccc(F)c1N1CCC(NC(=NCCN2CCOCC2)NCCc2ccco2)C1. The summed E-state index contributed by atoms with van der Waals surface area (Å²) in [6.45, 7) is 6.69. The van der Waals surface area contributed by atoms with E-state index >= 15 is 0 Å². The minimum atomic E-state index is -0.526. The summed E-state index contributed by atoms with van der Waals surface area (Å²) in [5, 5.41) is 6.82. The fraction of sp³-hybridized carbons (Fsp3) is 0.522. The van der Waals surface area contributed by atoms with E-state index in [0.29, 0.717) is 32.1 Å². The van der Waals surface area contributed by atoms with Crippen LogP contribution in [-0.4, -0.2) is 75.9 Å². The molecule has 2 fully saturated rings. The van der Waals surface area contributed by atoms with Gasteiger partial charge in [0.15, 0.2) is 5.96 Å². The molecule has 2 aliphatic rings. The van der Waals surface area contributed by atoms with Gasteiger partial charge in [-0.15, -0.1) is 0 Å². The molecule has 3 heterocycles. The van der Waals surface area contributed by atoms with Gasteiger partial charge < -0.3 is 24.7 Å². The van der Waals surface area contributed by atoms with Crippen molar-refractivity contribution >= 4 is 11.6 Å². The molecular weight excluding hydrogens is 416 g/mol. The molecule has 0 amide bonds. The first-order chi connectivity index (χ1) is 15.7. The van der Waals surface area contributed by atoms with Crippen LogP contribution >= 0.6 is 0 Å². The number of guanidine groups is 1. The van der Waals surface area contributed by atoms with E-state index in [-0.39, 0.29) is 11.7 Å². The Hall–Kier alpha value is -2.65. The highest BCUT2D eigenvalue weighted by Gasteiger charge is 2.27. The highest BCUT2D eigenvalue weighted by atomic mass is 19.1. The summed E-state index contributed by atoms with van der Waals surface area (Å²) in [6, 6.07) is 7.86. The first kappa shape index (κ1) is 22.5. The fourth-order valence-electron chi connectivity index (χ4n) is 4.11. The number of hydrogen-bond acceptors (Lipinski definition) is 5. The molecule has 4 rings (SSSR count). The molecule has 2 saturated heterocycles. The number of nitrogens with one attached hydrogen (secondary N) is 2. The highest BCUT2D eigenvalue weighted by Crippen LogP contribution is 2.26. The van der Waals surface area contributed by atoms with Crippen molar-refractivity contribution in [1.82, 2.24) is 15.5 Å². The minimum Gasteiger partial charge on any atom is -0.469 e. The largest absolute Gasteiger partial charge is 0.469 e. The van der Waals surface area contributed by atoms with E-state index in [9.17, 15) is 8.78 Å². The zero-order valence-corrected chi connectivity index (χ0v) is 18.2. The normalized spacial score (nSPS) is 20.0. The third-order valence-electron chi connectivity index (χ3n) is 5.82. The number of furan rings is 1. The van der Waals surface area contributed by atoms with Gasteiger partial charge >= 0.3 is 0 Å². The van der Waals surface area contributed by atoms with Gasteiger partial charge in [-0.05, 0) is 30.7 Å². The maximum atomic E-state index is 14.2. The summed E-state index contributed by atoms with van der Waals surface area (Å²) in [7, 11) is 0. The molecule has 1 aromatic heterocycles. The van der Waals surface area contributed by atoms with Gasteiger partial charge in [0.05, 0.1) is 26.0 Å². The van der Waals surface area contributed by atoms with Crippen molar-refractivity contribution < 1.29 is 17.9 Å². The number of para-hydroxylation sites is 1. The Labute approximate surface area is 187 Å². The highest BCUT2D eigenvalue weighted by molar-refractivity contribution is 5.80. The molecule has 0 bridgehead atoms. The predicted octanol–water partition coefficient (Wildman–Crippen LogP) is 2.25. The van der Waals surface area contributed by atoms with Crippen molar-refractivity contribution in [3.05, 3.63) is 54.0 Å². The molecule has 2 aromatic rings. The number of benzene rings is 1. The van der Waals surface area contributed by atoms with Crippen molar-refractivity contribution in [3.63, 3.8) is 0 Å². The van der Waals surface area contributed by atoms with Crippen molar-refractivity contribution in [2.45, 2.75) is 18.9 Å². The number of hydrogen-bond donors (Lipinski definition) is 2. The van der Waals surface area contributed by atoms with Crippen LogP contribution in [-0.2, 0) is 11.2 Å². The second-order valence-corrected chi connectivity index (χ2v) is 8.09. The molecule has 2 aliphatic heterocycles. The molecule has 7 nitrogen and oxygen atoms in total. The van der Waals surface area contributed by atoms with E-state index in [1.807, 2.05) is 12.1 Å². The fourth-order valence-corrected chi connectivity index (χ4v) is 4.11. The quantitative estimate of drug-likeness (QED) is 0.478. The number of ether oxygens (including phenoxy) is 1. The van der Waals surface area contributed by atoms with E-state index in [1.54, 1.807) is 11.2 Å². The summed E-state index contributed by atoms with van der Waals surface area (Å²) in [5.74, 6) is 0.571. The summed E-state index contributed by atoms with van der Waals surface area (Å²) < 4.78 is 39.1. The van der Waals surface area contributed by atoms with Crippen LogP contribution < -0.4 is 15.5 Å². The average Bonchev–Trinajstić information content (AvgIpc) is 3.47. The Kier molecular flexibility index (Phi) is 7.95. The van der Waals surface area contributed by atoms with Gasteiger partial charge in [-0.25, -0.2) is 8.78 Å². The topological polar surface area (TPSA) is 65.3 Å². The van der Waals surface area contributed by atoms with Gasteiger partial charge in [-0.2, -0.15) is 0 Å². The van der Waals surface area contributed by atoms with Gasteiger partial charge in [-0.3, -0.25) is 9.89 Å². The van der Waals surface area contributed by atoms with Crippen LogP contribution in [0.5, 0.6) is 0 Å². The summed E-state index contributed by atoms with van der Waals surface area (Å²) in [5.41, 5.74) is 0.0494. The summed E-state index contributed by atoms with van der Waals surface area (Å²) in [6.07, 6.45) is 3.18. The maximum absolute atomic E-state index is 14.2. The molecule has 0 radical (unpaired) electrons. The lowest BCUT2D eigenvalue weighted by Gasteiger charge is -2.26. The molecule has 174 valence electrons. The van der Waals surface area contributed by atoms with Crippen LogP contribution in [0.15, 0.2) is 46.0 Å². The minimum absolute atomic E-state index is 0.0484. The lowest BCUT2D eigenvalue weighted by molar-refractivity contribution is 0.0394. The zero-order valence-electron chi connectivity index (χ0n) is 18.2. The lowest BCUT2D eigenvalue weighted by atomic mass is 10.2. The Morgan fingerprint density at radius 3 is 2.66 bits per heavy atom. The predicted molar refractivity (Wildman–Crippen MR) is 120 cm³/mol. The second kappa shape index (κ2) is 11.3. The van der Waals surface area contributed by atoms with E-state index in [1.165, 1.54) is 18.2 Å². The molecule has 9 heteroatoms. The van der Waals surface area contributed by atoms with Crippen molar-refractivity contribution in [2.75, 3.05) is 63.9 Å². The van der Waals surface area contributed by atoms with Crippen LogP contribution in [0.2, 0.25) is 0 Å². The maximum Gasteiger partial charge on any atom is 0.191 e. The second-order valence-electron chi connectivity index (χ2n) is 8.09. The smallest absolute Gasteiger partial charge is 0.191 e. The number of nitrogens with zero attached hydrogens (tertiary/aromatic N) is 3. The molecule has 32 heavy (non-hydrogen) atoms. The van der Waals surface area contributed by atoms with Crippen molar-refractivity contribution in [3.8, 4) is 0 Å². The summed E-state index contributed by atoms with van der Waals surface area (Å²) in [4.78, 5) is 8.85. The third kappa shape index (κ3) is 6.20. The Morgan fingerprint density at radius 2 is 1.91 bits per heavy atom. The molecule has 1 atom stereocenters. The van der Waals surface area contributed by atoms with Crippen LogP contribution in [0.4, 0.5) is 14.5 Å². The van der Waals surface area contributed by atoms with Gasteiger partial charge in [0.1, 0.15) is 23.1 Å². The van der Waals surface area contributed by atoms with Crippen molar-refractivity contribution in [2.24, 2.45) is 4.99 Å². The number of rotatable bonds is 8. The Bertz CT molecular complexity index is 851. The van der Waals surface area contributed by atoms with Crippen LogP contribution in [0.25, 0.3) is 0 Å². The molecule has 1 unspecified atom stereocenters. The number of morpholine rings is 1. The molecule has 1 aromatic carbocycles. The van der Waals surface area contributed by atoms with Gasteiger partial charge in [0.2, 0.25) is 0 Å². The van der Waals surface area contributed by atoms with Crippen molar-refractivity contribution in [1.29, 1.82) is 0 Å². The Morgan fingerprint density at radius 1 is 1.09 bits per heavy atom. The molecule has 0 aliphatic carbocycles. The van der Waals surface area contributed by atoms with Crippen LogP contribution in [0.1, 0.15) is 12.2 Å².